The molecule has 1 amide bonds. The van der Waals surface area contributed by atoms with Gasteiger partial charge in [-0.25, -0.2) is 8.42 Å². The van der Waals surface area contributed by atoms with E-state index in [9.17, 15) is 23.4 Å². The van der Waals surface area contributed by atoms with Gasteiger partial charge in [-0.2, -0.15) is 4.31 Å². The summed E-state index contributed by atoms with van der Waals surface area (Å²) in [5.74, 6) is 0.213. The number of hydrogen-bond donors (Lipinski definition) is 3. The Morgan fingerprint density at radius 3 is 2.19 bits per heavy atom. The minimum atomic E-state index is -3.92. The highest BCUT2D eigenvalue weighted by Gasteiger charge is 2.31. The van der Waals surface area contributed by atoms with Crippen LogP contribution in [0.1, 0.15) is 45.6 Å². The lowest BCUT2D eigenvalue weighted by atomic mass is 10.00. The Hall–Kier alpha value is -2.46. The van der Waals surface area contributed by atoms with Gasteiger partial charge < -0.3 is 20.3 Å². The van der Waals surface area contributed by atoms with Crippen molar-refractivity contribution in [3.63, 3.8) is 0 Å². The van der Waals surface area contributed by atoms with Crippen LogP contribution < -0.4 is 10.1 Å². The summed E-state index contributed by atoms with van der Waals surface area (Å²) in [6.45, 7) is 5.76. The molecule has 0 aromatic heterocycles. The van der Waals surface area contributed by atoms with Crippen LogP contribution in [-0.4, -0.2) is 67.3 Å². The lowest BCUT2D eigenvalue weighted by Crippen LogP contribution is -2.51. The van der Waals surface area contributed by atoms with Crippen molar-refractivity contribution in [1.29, 1.82) is 0 Å². The molecular formula is C27H40N2O6S. The third-order valence-corrected chi connectivity index (χ3v) is 8.15. The van der Waals surface area contributed by atoms with Gasteiger partial charge in [0.1, 0.15) is 5.75 Å². The molecule has 36 heavy (non-hydrogen) atoms. The first-order chi connectivity index (χ1) is 17.1. The fourth-order valence-corrected chi connectivity index (χ4v) is 5.33. The van der Waals surface area contributed by atoms with Gasteiger partial charge in [0.25, 0.3) is 0 Å². The Morgan fingerprint density at radius 2 is 1.64 bits per heavy atom. The molecule has 4 atom stereocenters. The zero-order valence-electron chi connectivity index (χ0n) is 21.6. The third-order valence-electron chi connectivity index (χ3n) is 6.30. The van der Waals surface area contributed by atoms with Crippen LogP contribution in [0.2, 0.25) is 0 Å². The summed E-state index contributed by atoms with van der Waals surface area (Å²) in [5.41, 5.74) is 0.893. The number of amides is 1. The number of sulfonamides is 1. The highest BCUT2D eigenvalue weighted by molar-refractivity contribution is 7.89. The number of methoxy groups -OCH3 is 1. The first-order valence-electron chi connectivity index (χ1n) is 12.4. The van der Waals surface area contributed by atoms with Crippen molar-refractivity contribution in [2.24, 2.45) is 5.92 Å². The Morgan fingerprint density at radius 1 is 1.00 bits per heavy atom. The van der Waals surface area contributed by atoms with Crippen molar-refractivity contribution in [3.8, 4) is 5.75 Å². The third kappa shape index (κ3) is 8.89. The van der Waals surface area contributed by atoms with Crippen LogP contribution in [0.3, 0.4) is 0 Å². The van der Waals surface area contributed by atoms with E-state index in [1.165, 1.54) is 23.5 Å². The molecule has 0 saturated heterocycles. The van der Waals surface area contributed by atoms with Gasteiger partial charge in [0.2, 0.25) is 15.9 Å². The van der Waals surface area contributed by atoms with Gasteiger partial charge in [-0.15, -0.1) is 0 Å². The van der Waals surface area contributed by atoms with Gasteiger partial charge in [0.05, 0.1) is 36.7 Å². The second-order valence-corrected chi connectivity index (χ2v) is 11.1. The molecule has 0 aliphatic rings. The van der Waals surface area contributed by atoms with E-state index in [0.717, 1.165) is 12.0 Å². The maximum absolute atomic E-state index is 13.6. The molecule has 0 fully saturated rings. The predicted molar refractivity (Wildman–Crippen MR) is 140 cm³/mol. The van der Waals surface area contributed by atoms with Crippen molar-refractivity contribution in [1.82, 2.24) is 9.62 Å². The van der Waals surface area contributed by atoms with Gasteiger partial charge >= 0.3 is 0 Å². The van der Waals surface area contributed by atoms with E-state index in [0.29, 0.717) is 18.6 Å². The normalized spacial score (nSPS) is 15.2. The molecule has 3 N–H and O–H groups in total. The van der Waals surface area contributed by atoms with Crippen molar-refractivity contribution in [2.75, 3.05) is 20.2 Å². The van der Waals surface area contributed by atoms with Gasteiger partial charge in [-0.05, 0) is 48.6 Å². The maximum Gasteiger partial charge on any atom is 0.243 e. The number of carbonyl (C=O) groups is 1. The molecule has 0 spiro atoms. The minimum absolute atomic E-state index is 0.0621. The van der Waals surface area contributed by atoms with E-state index in [1.807, 2.05) is 44.2 Å². The van der Waals surface area contributed by atoms with Crippen LogP contribution in [0.25, 0.3) is 0 Å². The molecule has 8 nitrogen and oxygen atoms in total. The average Bonchev–Trinajstić information content (AvgIpc) is 2.88. The van der Waals surface area contributed by atoms with Gasteiger partial charge in [-0.3, -0.25) is 4.79 Å². The quantitative estimate of drug-likeness (QED) is 0.333. The largest absolute Gasteiger partial charge is 0.497 e. The van der Waals surface area contributed by atoms with Crippen molar-refractivity contribution < 1.29 is 28.2 Å². The molecule has 200 valence electrons. The number of aliphatic hydroxyl groups excluding tert-OH is 2. The molecule has 0 aliphatic heterocycles. The first kappa shape index (κ1) is 29.8. The summed E-state index contributed by atoms with van der Waals surface area (Å²) >= 11 is 0. The Labute approximate surface area is 215 Å². The molecule has 4 unspecified atom stereocenters. The molecule has 0 aliphatic carbocycles. The number of ether oxygens (including phenoxy) is 1. The number of aliphatic hydroxyl groups is 2. The van der Waals surface area contributed by atoms with Crippen molar-refractivity contribution >= 4 is 15.9 Å². The second-order valence-electron chi connectivity index (χ2n) is 9.21. The predicted octanol–water partition coefficient (Wildman–Crippen LogP) is 2.98. The Bertz CT molecular complexity index is 1030. The summed E-state index contributed by atoms with van der Waals surface area (Å²) in [6.07, 6.45) is -0.529. The molecule has 2 rings (SSSR count). The van der Waals surface area contributed by atoms with E-state index in [4.69, 9.17) is 4.74 Å². The highest BCUT2D eigenvalue weighted by atomic mass is 32.2. The molecule has 0 heterocycles. The lowest BCUT2D eigenvalue weighted by molar-refractivity contribution is -0.124. The average molecular weight is 521 g/mol. The zero-order valence-corrected chi connectivity index (χ0v) is 22.4. The number of carbonyl (C=O) groups excluding carboxylic acids is 1. The smallest absolute Gasteiger partial charge is 0.243 e. The maximum atomic E-state index is 13.6. The lowest BCUT2D eigenvalue weighted by Gasteiger charge is -2.31. The number of hydrogen-bond acceptors (Lipinski definition) is 6. The van der Waals surface area contributed by atoms with Gasteiger partial charge in [0.15, 0.2) is 0 Å². The van der Waals surface area contributed by atoms with E-state index in [1.54, 1.807) is 19.1 Å². The summed E-state index contributed by atoms with van der Waals surface area (Å²) in [5, 5.41) is 24.0. The molecule has 2 aromatic rings. The van der Waals surface area contributed by atoms with Crippen LogP contribution in [0.5, 0.6) is 5.75 Å². The van der Waals surface area contributed by atoms with Crippen LogP contribution in [0.15, 0.2) is 59.5 Å². The highest BCUT2D eigenvalue weighted by Crippen LogP contribution is 2.22. The summed E-state index contributed by atoms with van der Waals surface area (Å²) in [4.78, 5) is 12.7. The fraction of sp³-hybridized carbons (Fsp3) is 0.519. The number of benzene rings is 2. The molecule has 0 bridgehead atoms. The SMILES string of the molecule is CCC(C)CN(CC(O)C(Cc1ccccc1)NC(=O)CC(O)CC)S(=O)(=O)c1ccc(OC)cc1. The van der Waals surface area contributed by atoms with E-state index in [-0.39, 0.29) is 30.3 Å². The topological polar surface area (TPSA) is 116 Å². The summed E-state index contributed by atoms with van der Waals surface area (Å²) in [6, 6.07) is 14.8. The Balaban J connectivity index is 2.32. The fourth-order valence-electron chi connectivity index (χ4n) is 3.76. The van der Waals surface area contributed by atoms with Crippen LogP contribution >= 0.6 is 0 Å². The number of nitrogens with zero attached hydrogens (tertiary/aromatic N) is 1. The van der Waals surface area contributed by atoms with Crippen LogP contribution in [0.4, 0.5) is 0 Å². The number of rotatable bonds is 15. The first-order valence-corrected chi connectivity index (χ1v) is 13.9. The monoisotopic (exact) mass is 520 g/mol. The zero-order chi connectivity index (χ0) is 26.7. The van der Waals surface area contributed by atoms with E-state index in [2.05, 4.69) is 5.32 Å². The van der Waals surface area contributed by atoms with Gasteiger partial charge in [-0.1, -0.05) is 57.5 Å². The number of nitrogens with one attached hydrogen (secondary N) is 1. The van der Waals surface area contributed by atoms with Crippen LogP contribution in [0, 0.1) is 5.92 Å². The molecule has 2 aromatic carbocycles. The second kappa shape index (κ2) is 14.3. The van der Waals surface area contributed by atoms with Crippen molar-refractivity contribution in [2.45, 2.75) is 69.6 Å². The molecule has 9 heteroatoms. The molecule has 0 radical (unpaired) electrons. The van der Waals surface area contributed by atoms with Gasteiger partial charge in [0, 0.05) is 13.1 Å². The Kier molecular flexibility index (Phi) is 11.8. The minimum Gasteiger partial charge on any atom is -0.497 e. The summed E-state index contributed by atoms with van der Waals surface area (Å²) < 4.78 is 33.6. The molecular weight excluding hydrogens is 480 g/mol. The van der Waals surface area contributed by atoms with E-state index < -0.39 is 34.2 Å². The van der Waals surface area contributed by atoms with Crippen molar-refractivity contribution in [3.05, 3.63) is 60.2 Å². The van der Waals surface area contributed by atoms with E-state index >= 15 is 0 Å². The molecule has 0 saturated carbocycles. The summed E-state index contributed by atoms with van der Waals surface area (Å²) in [7, 11) is -2.41. The van der Waals surface area contributed by atoms with Crippen LogP contribution in [-0.2, 0) is 21.2 Å². The standard InChI is InChI=1S/C27H40N2O6S/c1-5-20(3)18-29(36(33,34)24-14-12-23(35-4)13-15-24)19-26(31)25(16-21-10-8-7-9-11-21)28-27(32)17-22(30)6-2/h7-15,20,22,25-26,30-31H,5-6,16-19H2,1-4H3,(H,28,32).